The zero-order chi connectivity index (χ0) is 15.9. The van der Waals surface area contributed by atoms with Crippen LogP contribution >= 0.6 is 0 Å². The topological polar surface area (TPSA) is 110 Å². The zero-order valence-electron chi connectivity index (χ0n) is 11.7. The van der Waals surface area contributed by atoms with Crippen LogP contribution in [-0.4, -0.2) is 12.1 Å². The maximum absolute atomic E-state index is 11.2. The van der Waals surface area contributed by atoms with Gasteiger partial charge >= 0.3 is 12.1 Å². The summed E-state index contributed by atoms with van der Waals surface area (Å²) in [7, 11) is 0. The Bertz CT molecular complexity index is 711. The molecule has 0 atom stereocenters. The zero-order valence-corrected chi connectivity index (χ0v) is 11.7. The molecule has 4 amide bonds. The van der Waals surface area contributed by atoms with E-state index in [1.165, 1.54) is 0 Å². The van der Waals surface area contributed by atoms with E-state index in [1.54, 1.807) is 18.2 Å². The molecule has 0 fully saturated rings. The number of rotatable bonds is 4. The molecule has 2 aromatic rings. The first-order chi connectivity index (χ1) is 10.6. The number of amides is 4. The smallest absolute Gasteiger partial charge is 0.316 e. The van der Waals surface area contributed by atoms with Crippen LogP contribution < -0.4 is 22.1 Å². The van der Waals surface area contributed by atoms with E-state index in [0.717, 1.165) is 5.56 Å². The molecule has 2 aromatic carbocycles. The summed E-state index contributed by atoms with van der Waals surface area (Å²) in [6, 6.07) is 13.4. The minimum absolute atomic E-state index is 0.376. The van der Waals surface area contributed by atoms with Gasteiger partial charge in [-0.3, -0.25) is 0 Å². The third-order valence-electron chi connectivity index (χ3n) is 2.86. The van der Waals surface area contributed by atoms with Crippen molar-refractivity contribution in [1.82, 2.24) is 0 Å². The van der Waals surface area contributed by atoms with Gasteiger partial charge in [-0.15, -0.1) is 0 Å². The highest BCUT2D eigenvalue weighted by Crippen LogP contribution is 2.27. The lowest BCUT2D eigenvalue weighted by Gasteiger charge is -2.12. The lowest BCUT2D eigenvalue weighted by molar-refractivity contribution is 0.258. The number of nitrogens with two attached hydrogens (primary N) is 2. The fraction of sp³-hybridized carbons (Fsp3) is 0. The number of anilines is 2. The van der Waals surface area contributed by atoms with Gasteiger partial charge in [0.1, 0.15) is 0 Å². The van der Waals surface area contributed by atoms with Crippen molar-refractivity contribution in [3.05, 3.63) is 59.7 Å². The first kappa shape index (κ1) is 15.1. The molecule has 6 N–H and O–H groups in total. The lowest BCUT2D eigenvalue weighted by atomic mass is 10.1. The largest absolute Gasteiger partial charge is 0.351 e. The Morgan fingerprint density at radius 1 is 0.818 bits per heavy atom. The minimum atomic E-state index is -0.729. The number of hydrogen-bond donors (Lipinski definition) is 4. The molecule has 0 aliphatic heterocycles. The summed E-state index contributed by atoms with van der Waals surface area (Å²) in [5.41, 5.74) is 12.8. The second kappa shape index (κ2) is 6.94. The molecule has 0 aliphatic rings. The maximum Gasteiger partial charge on any atom is 0.316 e. The number of urea groups is 2. The average Bonchev–Trinajstić information content (AvgIpc) is 2.48. The Hall–Kier alpha value is -3.28. The van der Waals surface area contributed by atoms with Crippen LogP contribution in [0.3, 0.4) is 0 Å². The van der Waals surface area contributed by atoms with Crippen molar-refractivity contribution in [3.8, 4) is 0 Å². The van der Waals surface area contributed by atoms with Crippen molar-refractivity contribution in [2.24, 2.45) is 11.5 Å². The Morgan fingerprint density at radius 3 is 2.14 bits per heavy atom. The quantitative estimate of drug-likeness (QED) is 0.650. The molecule has 2 rings (SSSR count). The van der Waals surface area contributed by atoms with Crippen LogP contribution in [0.1, 0.15) is 11.1 Å². The number of nitrogens with one attached hydrogen (secondary N) is 2. The number of carbonyl (C=O) groups is 2. The highest BCUT2D eigenvalue weighted by Gasteiger charge is 2.09. The molecule has 0 saturated carbocycles. The van der Waals surface area contributed by atoms with Crippen LogP contribution in [0, 0.1) is 0 Å². The van der Waals surface area contributed by atoms with Gasteiger partial charge in [-0.05, 0) is 11.6 Å². The van der Waals surface area contributed by atoms with Crippen LogP contribution in [0.25, 0.3) is 12.2 Å². The van der Waals surface area contributed by atoms with Crippen LogP contribution in [0.15, 0.2) is 48.5 Å². The SMILES string of the molecule is NC(=O)Nc1cccc(C=Cc2ccccc2)c1NC(N)=O. The lowest BCUT2D eigenvalue weighted by Crippen LogP contribution is -2.24. The van der Waals surface area contributed by atoms with Gasteiger partial charge < -0.3 is 22.1 Å². The van der Waals surface area contributed by atoms with Gasteiger partial charge in [-0.1, -0.05) is 54.6 Å². The van der Waals surface area contributed by atoms with Crippen LogP contribution in [0.4, 0.5) is 21.0 Å². The highest BCUT2D eigenvalue weighted by molar-refractivity contribution is 6.00. The van der Waals surface area contributed by atoms with Crippen LogP contribution in [0.5, 0.6) is 0 Å². The van der Waals surface area contributed by atoms with E-state index in [0.29, 0.717) is 16.9 Å². The Kier molecular flexibility index (Phi) is 4.77. The summed E-state index contributed by atoms with van der Waals surface area (Å²) < 4.78 is 0. The third kappa shape index (κ3) is 4.11. The number of benzene rings is 2. The van der Waals surface area contributed by atoms with Crippen molar-refractivity contribution in [2.75, 3.05) is 10.6 Å². The van der Waals surface area contributed by atoms with Gasteiger partial charge in [0.15, 0.2) is 0 Å². The van der Waals surface area contributed by atoms with Crippen molar-refractivity contribution in [3.63, 3.8) is 0 Å². The fourth-order valence-corrected chi connectivity index (χ4v) is 1.96. The summed E-state index contributed by atoms with van der Waals surface area (Å²) in [6.07, 6.45) is 3.70. The van der Waals surface area contributed by atoms with E-state index >= 15 is 0 Å². The molecule has 0 aliphatic carbocycles. The highest BCUT2D eigenvalue weighted by atomic mass is 16.2. The molecule has 0 radical (unpaired) electrons. The molecule has 0 bridgehead atoms. The van der Waals surface area contributed by atoms with Crippen LogP contribution in [-0.2, 0) is 0 Å². The second-order valence-electron chi connectivity index (χ2n) is 4.49. The second-order valence-corrected chi connectivity index (χ2v) is 4.49. The summed E-state index contributed by atoms with van der Waals surface area (Å²) >= 11 is 0. The number of para-hydroxylation sites is 1. The van der Waals surface area contributed by atoms with Gasteiger partial charge in [0.05, 0.1) is 11.4 Å². The molecule has 0 spiro atoms. The minimum Gasteiger partial charge on any atom is -0.351 e. The van der Waals surface area contributed by atoms with Gasteiger partial charge in [-0.2, -0.15) is 0 Å². The summed E-state index contributed by atoms with van der Waals surface area (Å²) in [5, 5.41) is 4.95. The number of primary amides is 2. The van der Waals surface area contributed by atoms with Crippen molar-refractivity contribution in [1.29, 1.82) is 0 Å². The van der Waals surface area contributed by atoms with Gasteiger partial charge in [0.25, 0.3) is 0 Å². The third-order valence-corrected chi connectivity index (χ3v) is 2.86. The van der Waals surface area contributed by atoms with E-state index in [1.807, 2.05) is 42.5 Å². The Labute approximate surface area is 127 Å². The Balaban J connectivity index is 2.39. The van der Waals surface area contributed by atoms with E-state index < -0.39 is 12.1 Å². The van der Waals surface area contributed by atoms with Crippen molar-refractivity contribution < 1.29 is 9.59 Å². The van der Waals surface area contributed by atoms with Crippen molar-refractivity contribution in [2.45, 2.75) is 0 Å². The summed E-state index contributed by atoms with van der Waals surface area (Å²) in [5.74, 6) is 0. The van der Waals surface area contributed by atoms with Gasteiger partial charge in [-0.25, -0.2) is 9.59 Å². The molecule has 6 heteroatoms. The predicted molar refractivity (Wildman–Crippen MR) is 88.2 cm³/mol. The molecule has 0 unspecified atom stereocenters. The van der Waals surface area contributed by atoms with Gasteiger partial charge in [0, 0.05) is 5.56 Å². The Morgan fingerprint density at radius 2 is 1.50 bits per heavy atom. The summed E-state index contributed by atoms with van der Waals surface area (Å²) in [6.45, 7) is 0. The molecular weight excluding hydrogens is 280 g/mol. The predicted octanol–water partition coefficient (Wildman–Crippen LogP) is 2.84. The molecule has 0 heterocycles. The van der Waals surface area contributed by atoms with E-state index in [4.69, 9.17) is 11.5 Å². The van der Waals surface area contributed by atoms with E-state index in [9.17, 15) is 9.59 Å². The monoisotopic (exact) mass is 296 g/mol. The first-order valence-electron chi connectivity index (χ1n) is 6.55. The summed E-state index contributed by atoms with van der Waals surface area (Å²) in [4.78, 5) is 22.2. The maximum atomic E-state index is 11.2. The molecule has 112 valence electrons. The van der Waals surface area contributed by atoms with Crippen molar-refractivity contribution >= 4 is 35.6 Å². The molecule has 22 heavy (non-hydrogen) atoms. The van der Waals surface area contributed by atoms with Crippen LogP contribution in [0.2, 0.25) is 0 Å². The van der Waals surface area contributed by atoms with E-state index in [-0.39, 0.29) is 0 Å². The first-order valence-corrected chi connectivity index (χ1v) is 6.55. The normalized spacial score (nSPS) is 10.4. The number of hydrogen-bond acceptors (Lipinski definition) is 2. The standard InChI is InChI=1S/C16H16N4O2/c17-15(21)19-13-8-4-7-12(14(13)20-16(18)22)10-9-11-5-2-1-3-6-11/h1-10H,(H3,17,19,21)(H3,18,20,22). The molecule has 0 aromatic heterocycles. The molecular formula is C16H16N4O2. The fourth-order valence-electron chi connectivity index (χ4n) is 1.96. The molecule has 6 nitrogen and oxygen atoms in total. The van der Waals surface area contributed by atoms with E-state index in [2.05, 4.69) is 10.6 Å². The van der Waals surface area contributed by atoms with Gasteiger partial charge in [0.2, 0.25) is 0 Å². The number of carbonyl (C=O) groups excluding carboxylic acids is 2. The molecule has 0 saturated heterocycles. The average molecular weight is 296 g/mol.